The zero-order valence-electron chi connectivity index (χ0n) is 7.35. The van der Waals surface area contributed by atoms with E-state index in [0.29, 0.717) is 16.6 Å². The molecule has 0 fully saturated rings. The summed E-state index contributed by atoms with van der Waals surface area (Å²) in [4.78, 5) is 0. The van der Waals surface area contributed by atoms with Crippen molar-refractivity contribution in [3.05, 3.63) is 39.6 Å². The monoisotopic (exact) mass is 243 g/mol. The molecule has 2 N–H and O–H groups in total. The van der Waals surface area contributed by atoms with Crippen LogP contribution < -0.4 is 5.73 Å². The molecule has 0 amide bonds. The van der Waals surface area contributed by atoms with E-state index in [2.05, 4.69) is 15.9 Å². The molecule has 3 heteroatoms. The van der Waals surface area contributed by atoms with Crippen molar-refractivity contribution in [1.82, 2.24) is 0 Å². The minimum Gasteiger partial charge on any atom is -0.327 e. The fourth-order valence-corrected chi connectivity index (χ4v) is 1.66. The molecule has 0 bridgehead atoms. The Labute approximate surface area is 85.6 Å². The number of hydrogen-bond acceptors (Lipinski definition) is 1. The molecular weight excluding hydrogens is 233 g/mol. The van der Waals surface area contributed by atoms with Gasteiger partial charge in [-0.3, -0.25) is 0 Å². The van der Waals surface area contributed by atoms with Crippen molar-refractivity contribution in [3.63, 3.8) is 0 Å². The van der Waals surface area contributed by atoms with E-state index in [4.69, 9.17) is 5.73 Å². The normalized spacial score (nSPS) is 11.1. The van der Waals surface area contributed by atoms with Gasteiger partial charge in [-0.05, 0) is 40.5 Å². The molecular formula is C10H11BrFN. The van der Waals surface area contributed by atoms with Crippen LogP contribution in [-0.2, 0) is 0 Å². The third-order valence-electron chi connectivity index (χ3n) is 1.63. The molecule has 0 unspecified atom stereocenters. The lowest BCUT2D eigenvalue weighted by Crippen LogP contribution is -1.93. The van der Waals surface area contributed by atoms with E-state index in [1.807, 2.05) is 6.92 Å². The number of benzene rings is 1. The first-order valence-corrected chi connectivity index (χ1v) is 4.76. The molecule has 0 saturated heterocycles. The van der Waals surface area contributed by atoms with E-state index in [1.54, 1.807) is 24.3 Å². The van der Waals surface area contributed by atoms with Crippen LogP contribution in [0.15, 0.2) is 22.7 Å². The second kappa shape index (κ2) is 4.53. The van der Waals surface area contributed by atoms with Gasteiger partial charge < -0.3 is 5.73 Å². The van der Waals surface area contributed by atoms with Gasteiger partial charge in [0.05, 0.1) is 4.47 Å². The third kappa shape index (κ3) is 2.64. The maximum absolute atomic E-state index is 13.4. The van der Waals surface area contributed by atoms with Gasteiger partial charge in [0.15, 0.2) is 0 Å². The molecule has 0 atom stereocenters. The van der Waals surface area contributed by atoms with Crippen molar-refractivity contribution in [2.75, 3.05) is 6.54 Å². The molecule has 0 saturated carbocycles. The predicted octanol–water partition coefficient (Wildman–Crippen LogP) is 2.87. The van der Waals surface area contributed by atoms with E-state index >= 15 is 0 Å². The highest BCUT2D eigenvalue weighted by Crippen LogP contribution is 2.21. The molecule has 13 heavy (non-hydrogen) atoms. The Balaban J connectivity index is 3.12. The highest BCUT2D eigenvalue weighted by atomic mass is 79.9. The van der Waals surface area contributed by atoms with Gasteiger partial charge in [-0.2, -0.15) is 0 Å². The van der Waals surface area contributed by atoms with Gasteiger partial charge in [-0.25, -0.2) is 4.39 Å². The summed E-state index contributed by atoms with van der Waals surface area (Å²) < 4.78 is 13.9. The Morgan fingerprint density at radius 2 is 2.23 bits per heavy atom. The van der Waals surface area contributed by atoms with Gasteiger partial charge in [0.25, 0.3) is 0 Å². The topological polar surface area (TPSA) is 26.0 Å². The highest BCUT2D eigenvalue weighted by molar-refractivity contribution is 9.10. The second-order valence-corrected chi connectivity index (χ2v) is 3.64. The first-order valence-electron chi connectivity index (χ1n) is 3.97. The molecule has 0 heterocycles. The number of nitrogens with two attached hydrogens (primary N) is 1. The van der Waals surface area contributed by atoms with Crippen LogP contribution in [0.2, 0.25) is 0 Å². The lowest BCUT2D eigenvalue weighted by molar-refractivity contribution is 0.618. The van der Waals surface area contributed by atoms with Crippen molar-refractivity contribution in [3.8, 4) is 0 Å². The summed E-state index contributed by atoms with van der Waals surface area (Å²) in [6, 6.07) is 3.53. The molecule has 1 rings (SSSR count). The van der Waals surface area contributed by atoms with Crippen LogP contribution in [0.25, 0.3) is 6.08 Å². The van der Waals surface area contributed by atoms with Crippen molar-refractivity contribution < 1.29 is 4.39 Å². The molecule has 0 spiro atoms. The average Bonchev–Trinajstić information content (AvgIpc) is 2.09. The molecule has 0 aromatic heterocycles. The maximum atomic E-state index is 13.4. The van der Waals surface area contributed by atoms with Crippen LogP contribution in [0.5, 0.6) is 0 Å². The fraction of sp³-hybridized carbons (Fsp3) is 0.200. The zero-order chi connectivity index (χ0) is 9.84. The molecule has 1 aromatic carbocycles. The lowest BCUT2D eigenvalue weighted by Gasteiger charge is -2.01. The first kappa shape index (κ1) is 10.4. The van der Waals surface area contributed by atoms with Crippen molar-refractivity contribution in [2.24, 2.45) is 5.73 Å². The third-order valence-corrected chi connectivity index (χ3v) is 2.21. The van der Waals surface area contributed by atoms with Crippen LogP contribution in [-0.4, -0.2) is 6.54 Å². The summed E-state index contributed by atoms with van der Waals surface area (Å²) in [5.41, 5.74) is 6.87. The standard InChI is InChI=1S/C10H11BrFN/c1-7-5-8(3-2-4-13)10(12)9(11)6-7/h2-3,5-6H,4,13H2,1H3/b3-2+. The summed E-state index contributed by atoms with van der Waals surface area (Å²) in [5, 5.41) is 0. The minimum atomic E-state index is -0.240. The number of hydrogen-bond donors (Lipinski definition) is 1. The molecule has 1 aromatic rings. The van der Waals surface area contributed by atoms with Gasteiger partial charge in [-0.15, -0.1) is 0 Å². The van der Waals surface area contributed by atoms with Crippen molar-refractivity contribution in [2.45, 2.75) is 6.92 Å². The van der Waals surface area contributed by atoms with Gasteiger partial charge in [0, 0.05) is 12.1 Å². The quantitative estimate of drug-likeness (QED) is 0.850. The van der Waals surface area contributed by atoms with E-state index in [-0.39, 0.29) is 5.82 Å². The first-order chi connectivity index (χ1) is 6.15. The maximum Gasteiger partial charge on any atom is 0.144 e. The van der Waals surface area contributed by atoms with E-state index < -0.39 is 0 Å². The van der Waals surface area contributed by atoms with E-state index in [0.717, 1.165) is 5.56 Å². The zero-order valence-corrected chi connectivity index (χ0v) is 8.94. The van der Waals surface area contributed by atoms with Gasteiger partial charge >= 0.3 is 0 Å². The highest BCUT2D eigenvalue weighted by Gasteiger charge is 2.03. The number of halogens is 2. The lowest BCUT2D eigenvalue weighted by atomic mass is 10.1. The summed E-state index contributed by atoms with van der Waals surface area (Å²) in [6.45, 7) is 2.34. The Kier molecular flexibility index (Phi) is 3.63. The number of aryl methyl sites for hydroxylation is 1. The molecule has 1 nitrogen and oxygen atoms in total. The summed E-state index contributed by atoms with van der Waals surface area (Å²) in [5.74, 6) is -0.240. The molecule has 0 radical (unpaired) electrons. The van der Waals surface area contributed by atoms with Crippen LogP contribution >= 0.6 is 15.9 Å². The SMILES string of the molecule is Cc1cc(Br)c(F)c(/C=C/CN)c1. The summed E-state index contributed by atoms with van der Waals surface area (Å²) >= 11 is 3.15. The smallest absolute Gasteiger partial charge is 0.144 e. The number of rotatable bonds is 2. The van der Waals surface area contributed by atoms with E-state index in [1.165, 1.54) is 0 Å². The largest absolute Gasteiger partial charge is 0.327 e. The van der Waals surface area contributed by atoms with Crippen molar-refractivity contribution in [1.29, 1.82) is 0 Å². The summed E-state index contributed by atoms with van der Waals surface area (Å²) in [6.07, 6.45) is 3.41. The van der Waals surface area contributed by atoms with Gasteiger partial charge in [0.1, 0.15) is 5.82 Å². The Bertz CT molecular complexity index is 334. The summed E-state index contributed by atoms with van der Waals surface area (Å²) in [7, 11) is 0. The van der Waals surface area contributed by atoms with E-state index in [9.17, 15) is 4.39 Å². The minimum absolute atomic E-state index is 0.240. The Morgan fingerprint density at radius 1 is 1.54 bits per heavy atom. The molecule has 70 valence electrons. The van der Waals surface area contributed by atoms with Crippen LogP contribution in [0.4, 0.5) is 4.39 Å². The van der Waals surface area contributed by atoms with Crippen LogP contribution in [0.3, 0.4) is 0 Å². The second-order valence-electron chi connectivity index (χ2n) is 2.79. The van der Waals surface area contributed by atoms with Gasteiger partial charge in [-0.1, -0.05) is 12.2 Å². The molecule has 0 aliphatic heterocycles. The molecule has 0 aliphatic carbocycles. The van der Waals surface area contributed by atoms with Crippen molar-refractivity contribution >= 4 is 22.0 Å². The molecule has 0 aliphatic rings. The predicted molar refractivity (Wildman–Crippen MR) is 56.9 cm³/mol. The fourth-order valence-electron chi connectivity index (χ4n) is 1.07. The van der Waals surface area contributed by atoms with Crippen LogP contribution in [0.1, 0.15) is 11.1 Å². The average molecular weight is 244 g/mol. The Morgan fingerprint density at radius 3 is 2.85 bits per heavy atom. The van der Waals surface area contributed by atoms with Crippen LogP contribution in [0, 0.1) is 12.7 Å². The van der Waals surface area contributed by atoms with Gasteiger partial charge in [0.2, 0.25) is 0 Å². The Hall–Kier alpha value is -0.670.